The number of ether oxygens (including phenoxy) is 2. The van der Waals surface area contributed by atoms with Crippen LogP contribution in [0.1, 0.15) is 12.5 Å². The highest BCUT2D eigenvalue weighted by Crippen LogP contribution is 2.17. The summed E-state index contributed by atoms with van der Waals surface area (Å²) in [5.74, 6) is 0.107. The Morgan fingerprint density at radius 3 is 2.75 bits per heavy atom. The highest BCUT2D eigenvalue weighted by Gasteiger charge is 2.04. The maximum absolute atomic E-state index is 11.7. The molecule has 2 rings (SSSR count). The Bertz CT molecular complexity index is 762. The zero-order chi connectivity index (χ0) is 17.4. The van der Waals surface area contributed by atoms with Crippen LogP contribution in [0, 0.1) is 0 Å². The lowest BCUT2D eigenvalue weighted by atomic mass is 10.2. The number of para-hydroxylation sites is 1. The summed E-state index contributed by atoms with van der Waals surface area (Å²) in [6, 6.07) is 14.0. The number of amides is 1. The van der Waals surface area contributed by atoms with Gasteiger partial charge in [0.05, 0.1) is 6.21 Å². The summed E-state index contributed by atoms with van der Waals surface area (Å²) in [6.45, 7) is 1.15. The van der Waals surface area contributed by atoms with Gasteiger partial charge in [0.2, 0.25) is 0 Å². The van der Waals surface area contributed by atoms with Crippen molar-refractivity contribution in [2.45, 2.75) is 6.92 Å². The highest BCUT2D eigenvalue weighted by atomic mass is 79.9. The Kier molecular flexibility index (Phi) is 6.51. The molecular weight excluding hydrogens is 376 g/mol. The first kappa shape index (κ1) is 17.7. The molecule has 7 heteroatoms. The Morgan fingerprint density at radius 1 is 1.21 bits per heavy atom. The minimum Gasteiger partial charge on any atom is -0.484 e. The summed E-state index contributed by atoms with van der Waals surface area (Å²) in [5, 5.41) is 3.83. The van der Waals surface area contributed by atoms with Crippen molar-refractivity contribution in [1.29, 1.82) is 0 Å². The topological polar surface area (TPSA) is 77.0 Å². The number of rotatable bonds is 6. The van der Waals surface area contributed by atoms with Crippen molar-refractivity contribution >= 4 is 34.0 Å². The van der Waals surface area contributed by atoms with E-state index in [9.17, 15) is 9.59 Å². The lowest BCUT2D eigenvalue weighted by Crippen LogP contribution is -2.24. The molecule has 0 aromatic heterocycles. The molecule has 0 bridgehead atoms. The van der Waals surface area contributed by atoms with Gasteiger partial charge in [-0.05, 0) is 30.3 Å². The van der Waals surface area contributed by atoms with Crippen molar-refractivity contribution in [3.05, 3.63) is 58.6 Å². The monoisotopic (exact) mass is 390 g/mol. The molecule has 0 heterocycles. The quantitative estimate of drug-likeness (QED) is 0.356. The van der Waals surface area contributed by atoms with Gasteiger partial charge in [-0.15, -0.1) is 0 Å². The predicted octanol–water partition coefficient (Wildman–Crippen LogP) is 2.90. The molecule has 0 unspecified atom stereocenters. The number of hydrazone groups is 1. The van der Waals surface area contributed by atoms with Gasteiger partial charge in [0, 0.05) is 17.0 Å². The fraction of sp³-hybridized carbons (Fsp3) is 0.118. The molecule has 0 aliphatic heterocycles. The molecule has 0 fully saturated rings. The number of carbonyl (C=O) groups excluding carboxylic acids is 2. The second kappa shape index (κ2) is 8.83. The third-order valence-electron chi connectivity index (χ3n) is 2.73. The van der Waals surface area contributed by atoms with E-state index in [1.165, 1.54) is 13.1 Å². The van der Waals surface area contributed by atoms with Gasteiger partial charge in [0.15, 0.2) is 6.61 Å². The van der Waals surface area contributed by atoms with E-state index in [-0.39, 0.29) is 6.61 Å². The van der Waals surface area contributed by atoms with Crippen LogP contribution in [0.15, 0.2) is 58.1 Å². The average molecular weight is 391 g/mol. The molecular formula is C17H15BrN2O4. The molecule has 2 aromatic carbocycles. The average Bonchev–Trinajstić information content (AvgIpc) is 2.54. The van der Waals surface area contributed by atoms with Gasteiger partial charge in [-0.3, -0.25) is 9.59 Å². The number of hydrogen-bond acceptors (Lipinski definition) is 5. The van der Waals surface area contributed by atoms with Gasteiger partial charge in [-0.25, -0.2) is 5.43 Å². The van der Waals surface area contributed by atoms with Crippen molar-refractivity contribution in [2.24, 2.45) is 5.10 Å². The maximum atomic E-state index is 11.7. The van der Waals surface area contributed by atoms with E-state index in [0.29, 0.717) is 17.1 Å². The molecule has 0 aliphatic carbocycles. The summed E-state index contributed by atoms with van der Waals surface area (Å²) in [4.78, 5) is 22.7. The smallest absolute Gasteiger partial charge is 0.308 e. The zero-order valence-electron chi connectivity index (χ0n) is 12.9. The number of carbonyl (C=O) groups is 2. The minimum absolute atomic E-state index is 0.167. The van der Waals surface area contributed by atoms with E-state index >= 15 is 0 Å². The predicted molar refractivity (Wildman–Crippen MR) is 93.1 cm³/mol. The van der Waals surface area contributed by atoms with Gasteiger partial charge in [-0.2, -0.15) is 5.10 Å². The number of hydrogen-bond donors (Lipinski definition) is 1. The lowest BCUT2D eigenvalue weighted by Gasteiger charge is -2.06. The number of benzene rings is 2. The molecule has 0 radical (unpaired) electrons. The molecule has 6 nitrogen and oxygen atoms in total. The van der Waals surface area contributed by atoms with Crippen molar-refractivity contribution in [2.75, 3.05) is 6.61 Å². The first-order chi connectivity index (χ1) is 11.5. The Morgan fingerprint density at radius 2 is 2.00 bits per heavy atom. The minimum atomic E-state index is -0.428. The van der Waals surface area contributed by atoms with E-state index < -0.39 is 11.9 Å². The van der Waals surface area contributed by atoms with E-state index in [1.54, 1.807) is 42.5 Å². The molecule has 0 aliphatic rings. The van der Waals surface area contributed by atoms with Gasteiger partial charge < -0.3 is 9.47 Å². The van der Waals surface area contributed by atoms with Gasteiger partial charge in [-0.1, -0.05) is 34.1 Å². The van der Waals surface area contributed by atoms with Crippen molar-refractivity contribution in [1.82, 2.24) is 5.43 Å². The van der Waals surface area contributed by atoms with Crippen LogP contribution in [0.3, 0.4) is 0 Å². The molecule has 2 aromatic rings. The summed E-state index contributed by atoms with van der Waals surface area (Å²) in [7, 11) is 0. The summed E-state index contributed by atoms with van der Waals surface area (Å²) < 4.78 is 11.3. The van der Waals surface area contributed by atoms with Crippen molar-refractivity contribution in [3.63, 3.8) is 0 Å². The molecule has 24 heavy (non-hydrogen) atoms. The van der Waals surface area contributed by atoms with Crippen LogP contribution >= 0.6 is 15.9 Å². The summed E-state index contributed by atoms with van der Waals surface area (Å²) in [5.41, 5.74) is 2.92. The van der Waals surface area contributed by atoms with Gasteiger partial charge in [0.25, 0.3) is 5.91 Å². The van der Waals surface area contributed by atoms with Crippen LogP contribution in [0.5, 0.6) is 11.5 Å². The third kappa shape index (κ3) is 5.85. The van der Waals surface area contributed by atoms with Gasteiger partial charge >= 0.3 is 5.97 Å². The normalized spacial score (nSPS) is 10.4. The van der Waals surface area contributed by atoms with Crippen LogP contribution in [0.2, 0.25) is 0 Å². The van der Waals surface area contributed by atoms with E-state index in [4.69, 9.17) is 9.47 Å². The number of nitrogens with one attached hydrogen (secondary N) is 1. The van der Waals surface area contributed by atoms with Crippen LogP contribution in [0.4, 0.5) is 0 Å². The number of esters is 1. The fourth-order valence-corrected chi connectivity index (χ4v) is 2.12. The summed E-state index contributed by atoms with van der Waals surface area (Å²) in [6.07, 6.45) is 1.40. The third-order valence-corrected chi connectivity index (χ3v) is 3.22. The van der Waals surface area contributed by atoms with Crippen molar-refractivity contribution < 1.29 is 19.1 Å². The fourth-order valence-electron chi connectivity index (χ4n) is 1.75. The zero-order valence-corrected chi connectivity index (χ0v) is 14.4. The SMILES string of the molecule is CC(=O)Oc1ccccc1C=NNC(=O)COc1cccc(Br)c1. The van der Waals surface area contributed by atoms with Gasteiger partial charge in [0.1, 0.15) is 11.5 Å². The number of nitrogens with zero attached hydrogens (tertiary/aromatic N) is 1. The maximum Gasteiger partial charge on any atom is 0.308 e. The van der Waals surface area contributed by atoms with E-state index in [1.807, 2.05) is 6.07 Å². The second-order valence-electron chi connectivity index (χ2n) is 4.67. The molecule has 0 saturated carbocycles. The molecule has 1 amide bonds. The Labute approximate surface area is 147 Å². The summed E-state index contributed by atoms with van der Waals surface area (Å²) >= 11 is 3.32. The first-order valence-corrected chi connectivity index (χ1v) is 7.81. The highest BCUT2D eigenvalue weighted by molar-refractivity contribution is 9.10. The standard InChI is InChI=1S/C17H15BrN2O4/c1-12(21)24-16-8-3-2-5-13(16)10-19-20-17(22)11-23-15-7-4-6-14(18)9-15/h2-10H,11H2,1H3,(H,20,22). The molecule has 1 N–H and O–H groups in total. The van der Waals surface area contributed by atoms with Crippen LogP contribution in [0.25, 0.3) is 0 Å². The van der Waals surface area contributed by atoms with Crippen molar-refractivity contribution in [3.8, 4) is 11.5 Å². The first-order valence-electron chi connectivity index (χ1n) is 7.02. The molecule has 0 atom stereocenters. The lowest BCUT2D eigenvalue weighted by molar-refractivity contribution is -0.132. The van der Waals surface area contributed by atoms with E-state index in [2.05, 4.69) is 26.5 Å². The molecule has 0 saturated heterocycles. The molecule has 0 spiro atoms. The Balaban J connectivity index is 1.87. The van der Waals surface area contributed by atoms with Crippen LogP contribution < -0.4 is 14.9 Å². The largest absolute Gasteiger partial charge is 0.484 e. The van der Waals surface area contributed by atoms with Crippen LogP contribution in [-0.4, -0.2) is 24.7 Å². The second-order valence-corrected chi connectivity index (χ2v) is 5.59. The number of halogens is 1. The Hall–Kier alpha value is -2.67. The molecule has 124 valence electrons. The van der Waals surface area contributed by atoms with Crippen LogP contribution in [-0.2, 0) is 9.59 Å². The van der Waals surface area contributed by atoms with E-state index in [0.717, 1.165) is 4.47 Å².